The minimum atomic E-state index is -2.57. The molecule has 130 valence electrons. The van der Waals surface area contributed by atoms with Crippen LogP contribution in [0.1, 0.15) is 23.2 Å². The number of amides is 2. The van der Waals surface area contributed by atoms with E-state index in [-0.39, 0.29) is 11.8 Å². The minimum Gasteiger partial charge on any atom is -0.326 e. The normalized spacial score (nSPS) is 13.6. The Morgan fingerprint density at radius 2 is 1.80 bits per heavy atom. The summed E-state index contributed by atoms with van der Waals surface area (Å²) in [5.74, 6) is -2.98. The van der Waals surface area contributed by atoms with E-state index in [1.807, 2.05) is 0 Å². The number of carbonyl (C=O) groups excluding carboxylic acids is 2. The van der Waals surface area contributed by atoms with Gasteiger partial charge in [-0.1, -0.05) is 30.0 Å². The van der Waals surface area contributed by atoms with Crippen molar-refractivity contribution in [3.05, 3.63) is 54.1 Å². The van der Waals surface area contributed by atoms with Crippen molar-refractivity contribution in [2.24, 2.45) is 5.92 Å². The fourth-order valence-electron chi connectivity index (χ4n) is 2.29. The molecule has 2 aromatic rings. The SMILES string of the molecule is O=C(Nc1ccccc1SC(F)F)c1cccc(NC(=O)C2CC2)c1. The van der Waals surface area contributed by atoms with Crippen LogP contribution in [0, 0.1) is 5.92 Å². The highest BCUT2D eigenvalue weighted by Crippen LogP contribution is 2.32. The van der Waals surface area contributed by atoms with E-state index in [4.69, 9.17) is 0 Å². The highest BCUT2D eigenvalue weighted by atomic mass is 32.2. The Balaban J connectivity index is 1.72. The molecular weight excluding hydrogens is 346 g/mol. The lowest BCUT2D eigenvalue weighted by atomic mass is 10.1. The van der Waals surface area contributed by atoms with Gasteiger partial charge in [0.05, 0.1) is 5.69 Å². The van der Waals surface area contributed by atoms with E-state index < -0.39 is 11.7 Å². The van der Waals surface area contributed by atoms with Gasteiger partial charge >= 0.3 is 0 Å². The van der Waals surface area contributed by atoms with Gasteiger partial charge < -0.3 is 10.6 Å². The first kappa shape index (κ1) is 17.4. The molecule has 0 unspecified atom stereocenters. The first-order chi connectivity index (χ1) is 12.0. The molecule has 2 N–H and O–H groups in total. The number of thioether (sulfide) groups is 1. The van der Waals surface area contributed by atoms with Gasteiger partial charge in [-0.3, -0.25) is 9.59 Å². The third-order valence-electron chi connectivity index (χ3n) is 3.69. The Labute approximate surface area is 148 Å². The second-order valence-electron chi connectivity index (χ2n) is 5.67. The molecule has 3 rings (SSSR count). The maximum atomic E-state index is 12.6. The molecule has 2 aromatic carbocycles. The predicted molar refractivity (Wildman–Crippen MR) is 94.1 cm³/mol. The summed E-state index contributed by atoms with van der Waals surface area (Å²) < 4.78 is 25.2. The monoisotopic (exact) mass is 362 g/mol. The topological polar surface area (TPSA) is 58.2 Å². The molecule has 7 heteroatoms. The predicted octanol–water partition coefficient (Wildman–Crippen LogP) is 4.60. The lowest BCUT2D eigenvalue weighted by Crippen LogP contribution is -2.15. The lowest BCUT2D eigenvalue weighted by molar-refractivity contribution is -0.117. The maximum absolute atomic E-state index is 12.6. The van der Waals surface area contributed by atoms with Gasteiger partial charge in [0.1, 0.15) is 0 Å². The molecular formula is C18H16F2N2O2S. The second-order valence-corrected chi connectivity index (χ2v) is 6.70. The van der Waals surface area contributed by atoms with Crippen LogP contribution in [0.2, 0.25) is 0 Å². The zero-order valence-corrected chi connectivity index (χ0v) is 14.0. The van der Waals surface area contributed by atoms with Crippen LogP contribution >= 0.6 is 11.8 Å². The summed E-state index contributed by atoms with van der Waals surface area (Å²) in [5, 5.41) is 5.42. The van der Waals surface area contributed by atoms with E-state index in [9.17, 15) is 18.4 Å². The molecule has 1 fully saturated rings. The summed E-state index contributed by atoms with van der Waals surface area (Å²) >= 11 is 0.379. The molecule has 4 nitrogen and oxygen atoms in total. The van der Waals surface area contributed by atoms with E-state index >= 15 is 0 Å². The first-order valence-corrected chi connectivity index (χ1v) is 8.67. The Morgan fingerprint density at radius 1 is 1.04 bits per heavy atom. The Kier molecular flexibility index (Phi) is 5.33. The van der Waals surface area contributed by atoms with Crippen LogP contribution in [0.15, 0.2) is 53.4 Å². The molecule has 0 spiro atoms. The molecule has 0 radical (unpaired) electrons. The summed E-state index contributed by atoms with van der Waals surface area (Å²) in [4.78, 5) is 24.5. The third-order valence-corrected chi connectivity index (χ3v) is 4.48. The number of hydrogen-bond donors (Lipinski definition) is 2. The molecule has 1 saturated carbocycles. The van der Waals surface area contributed by atoms with Crippen LogP contribution in [0.25, 0.3) is 0 Å². The van der Waals surface area contributed by atoms with Crippen molar-refractivity contribution >= 4 is 35.0 Å². The van der Waals surface area contributed by atoms with Gasteiger partial charge in [-0.05, 0) is 43.2 Å². The average Bonchev–Trinajstić information content (AvgIpc) is 3.41. The zero-order valence-electron chi connectivity index (χ0n) is 13.2. The van der Waals surface area contributed by atoms with Crippen molar-refractivity contribution in [1.29, 1.82) is 0 Å². The fourth-order valence-corrected chi connectivity index (χ4v) is 2.89. The summed E-state index contributed by atoms with van der Waals surface area (Å²) in [5.41, 5.74) is 1.20. The standard InChI is InChI=1S/C18H16F2N2O2S/c19-18(20)25-15-7-2-1-6-14(15)22-17(24)12-4-3-5-13(10-12)21-16(23)11-8-9-11/h1-7,10-11,18H,8-9H2,(H,21,23)(H,22,24). The highest BCUT2D eigenvalue weighted by molar-refractivity contribution is 7.99. The quantitative estimate of drug-likeness (QED) is 0.738. The average molecular weight is 362 g/mol. The molecule has 0 atom stereocenters. The van der Waals surface area contributed by atoms with Crippen molar-refractivity contribution in [2.75, 3.05) is 10.6 Å². The van der Waals surface area contributed by atoms with E-state index in [2.05, 4.69) is 10.6 Å². The van der Waals surface area contributed by atoms with Crippen LogP contribution in [0.5, 0.6) is 0 Å². The maximum Gasteiger partial charge on any atom is 0.288 e. The van der Waals surface area contributed by atoms with Gasteiger partial charge in [0.2, 0.25) is 5.91 Å². The number of rotatable bonds is 6. The largest absolute Gasteiger partial charge is 0.326 e. The number of nitrogens with one attached hydrogen (secondary N) is 2. The number of anilines is 2. The van der Waals surface area contributed by atoms with E-state index in [0.717, 1.165) is 12.8 Å². The molecule has 0 bridgehead atoms. The number of alkyl halides is 2. The van der Waals surface area contributed by atoms with Gasteiger partial charge in [0.15, 0.2) is 0 Å². The van der Waals surface area contributed by atoms with Crippen LogP contribution in [0.3, 0.4) is 0 Å². The van der Waals surface area contributed by atoms with E-state index in [1.54, 1.807) is 42.5 Å². The van der Waals surface area contributed by atoms with Gasteiger partial charge in [0.25, 0.3) is 11.7 Å². The number of para-hydroxylation sites is 1. The van der Waals surface area contributed by atoms with Crippen molar-refractivity contribution in [3.63, 3.8) is 0 Å². The molecule has 0 heterocycles. The minimum absolute atomic E-state index is 0.0452. The van der Waals surface area contributed by atoms with Crippen LogP contribution in [-0.4, -0.2) is 17.6 Å². The van der Waals surface area contributed by atoms with Gasteiger partial charge in [-0.25, -0.2) is 0 Å². The number of halogens is 2. The zero-order chi connectivity index (χ0) is 17.8. The molecule has 1 aliphatic rings. The van der Waals surface area contributed by atoms with Gasteiger partial charge in [-0.2, -0.15) is 8.78 Å². The summed E-state index contributed by atoms with van der Waals surface area (Å²) in [6.07, 6.45) is 1.79. The Morgan fingerprint density at radius 3 is 2.52 bits per heavy atom. The fraction of sp³-hybridized carbons (Fsp3) is 0.222. The van der Waals surface area contributed by atoms with Crippen molar-refractivity contribution in [3.8, 4) is 0 Å². The molecule has 0 aliphatic heterocycles. The van der Waals surface area contributed by atoms with Crippen LogP contribution in [0.4, 0.5) is 20.2 Å². The van der Waals surface area contributed by atoms with Gasteiger partial charge in [0, 0.05) is 22.1 Å². The summed E-state index contributed by atoms with van der Waals surface area (Å²) in [6, 6.07) is 12.9. The van der Waals surface area contributed by atoms with Crippen molar-refractivity contribution < 1.29 is 18.4 Å². The van der Waals surface area contributed by atoms with Crippen LogP contribution in [-0.2, 0) is 4.79 Å². The first-order valence-electron chi connectivity index (χ1n) is 7.79. The van der Waals surface area contributed by atoms with Crippen molar-refractivity contribution in [1.82, 2.24) is 0 Å². The molecule has 1 aliphatic carbocycles. The summed E-state index contributed by atoms with van der Waals surface area (Å²) in [7, 11) is 0. The molecule has 0 aromatic heterocycles. The van der Waals surface area contributed by atoms with Crippen LogP contribution < -0.4 is 10.6 Å². The Hall–Kier alpha value is -2.41. The van der Waals surface area contributed by atoms with E-state index in [1.165, 1.54) is 6.07 Å². The lowest BCUT2D eigenvalue weighted by Gasteiger charge is -2.11. The molecule has 0 saturated heterocycles. The van der Waals surface area contributed by atoms with E-state index in [0.29, 0.717) is 33.6 Å². The van der Waals surface area contributed by atoms with Gasteiger partial charge in [-0.15, -0.1) is 0 Å². The second kappa shape index (κ2) is 7.65. The molecule has 2 amide bonds. The third kappa shape index (κ3) is 4.79. The Bertz CT molecular complexity index is 794. The van der Waals surface area contributed by atoms with Crippen molar-refractivity contribution in [2.45, 2.75) is 23.5 Å². The number of carbonyl (C=O) groups is 2. The highest BCUT2D eigenvalue weighted by Gasteiger charge is 2.29. The number of hydrogen-bond acceptors (Lipinski definition) is 3. The number of benzene rings is 2. The molecule has 25 heavy (non-hydrogen) atoms. The summed E-state index contributed by atoms with van der Waals surface area (Å²) in [6.45, 7) is 0. The smallest absolute Gasteiger partial charge is 0.288 e.